The smallest absolute Gasteiger partial charge is 0.0658 e. The van der Waals surface area contributed by atoms with E-state index >= 15 is 0 Å². The van der Waals surface area contributed by atoms with Gasteiger partial charge in [-0.05, 0) is 42.4 Å². The summed E-state index contributed by atoms with van der Waals surface area (Å²) in [6.45, 7) is 4.54. The summed E-state index contributed by atoms with van der Waals surface area (Å²) in [7, 11) is 0. The fourth-order valence-electron chi connectivity index (χ4n) is 2.19. The molecule has 0 radical (unpaired) electrons. The Kier molecular flexibility index (Phi) is 3.20. The van der Waals surface area contributed by atoms with Crippen molar-refractivity contribution in [3.8, 4) is 0 Å². The standard InChI is InChI=1S/C14H19N/c1-3-6-11(2)13-9-12-7-4-5-8-14(12)15-10-13/h5,8-11H,3-4,6-7H2,1-2H3. The summed E-state index contributed by atoms with van der Waals surface area (Å²) < 4.78 is 0. The van der Waals surface area contributed by atoms with E-state index in [-0.39, 0.29) is 0 Å². The van der Waals surface area contributed by atoms with Gasteiger partial charge in [-0.15, -0.1) is 0 Å². The lowest BCUT2D eigenvalue weighted by Crippen LogP contribution is -2.01. The molecule has 1 atom stereocenters. The fourth-order valence-corrected chi connectivity index (χ4v) is 2.19. The van der Waals surface area contributed by atoms with Crippen LogP contribution in [0, 0.1) is 0 Å². The second-order valence-electron chi connectivity index (χ2n) is 4.44. The van der Waals surface area contributed by atoms with Crippen LogP contribution in [-0.4, -0.2) is 4.98 Å². The third-order valence-corrected chi connectivity index (χ3v) is 3.17. The highest BCUT2D eigenvalue weighted by Crippen LogP contribution is 2.24. The van der Waals surface area contributed by atoms with Crippen molar-refractivity contribution in [2.75, 3.05) is 0 Å². The van der Waals surface area contributed by atoms with Crippen molar-refractivity contribution in [2.24, 2.45) is 0 Å². The van der Waals surface area contributed by atoms with E-state index in [0.29, 0.717) is 5.92 Å². The molecule has 1 aromatic rings. The van der Waals surface area contributed by atoms with Crippen molar-refractivity contribution < 1.29 is 0 Å². The van der Waals surface area contributed by atoms with E-state index in [4.69, 9.17) is 0 Å². The lowest BCUT2D eigenvalue weighted by atomic mass is 9.93. The largest absolute Gasteiger partial charge is 0.256 e. The van der Waals surface area contributed by atoms with Crippen LogP contribution in [0.4, 0.5) is 0 Å². The molecule has 0 aliphatic heterocycles. The molecular weight excluding hydrogens is 182 g/mol. The Labute approximate surface area is 92.2 Å². The minimum Gasteiger partial charge on any atom is -0.256 e. The number of nitrogens with zero attached hydrogens (tertiary/aromatic N) is 1. The predicted molar refractivity (Wildman–Crippen MR) is 64.9 cm³/mol. The topological polar surface area (TPSA) is 12.9 Å². The number of fused-ring (bicyclic) bond motifs is 1. The van der Waals surface area contributed by atoms with Crippen LogP contribution >= 0.6 is 0 Å². The number of aryl methyl sites for hydroxylation is 1. The number of hydrogen-bond donors (Lipinski definition) is 0. The van der Waals surface area contributed by atoms with E-state index in [2.05, 4.69) is 43.2 Å². The normalized spacial score (nSPS) is 16.1. The van der Waals surface area contributed by atoms with Crippen molar-refractivity contribution in [1.82, 2.24) is 4.98 Å². The second kappa shape index (κ2) is 4.61. The van der Waals surface area contributed by atoms with Crippen LogP contribution in [0.25, 0.3) is 6.08 Å². The first-order valence-electron chi connectivity index (χ1n) is 5.96. The molecule has 1 heteroatoms. The quantitative estimate of drug-likeness (QED) is 0.721. The van der Waals surface area contributed by atoms with Crippen LogP contribution < -0.4 is 0 Å². The lowest BCUT2D eigenvalue weighted by Gasteiger charge is -2.15. The summed E-state index contributed by atoms with van der Waals surface area (Å²) in [5, 5.41) is 0. The first-order chi connectivity index (χ1) is 7.31. The molecule has 0 spiro atoms. The molecule has 2 rings (SSSR count). The Bertz CT molecular complexity index is 366. The number of rotatable bonds is 3. The maximum absolute atomic E-state index is 4.54. The van der Waals surface area contributed by atoms with Gasteiger partial charge in [-0.2, -0.15) is 0 Å². The minimum atomic E-state index is 0.652. The zero-order valence-electron chi connectivity index (χ0n) is 9.66. The Morgan fingerprint density at radius 3 is 3.13 bits per heavy atom. The summed E-state index contributed by atoms with van der Waals surface area (Å²) in [6, 6.07) is 2.35. The third kappa shape index (κ3) is 2.28. The van der Waals surface area contributed by atoms with Gasteiger partial charge in [0.2, 0.25) is 0 Å². The van der Waals surface area contributed by atoms with E-state index < -0.39 is 0 Å². The Morgan fingerprint density at radius 1 is 1.47 bits per heavy atom. The van der Waals surface area contributed by atoms with E-state index in [1.165, 1.54) is 36.1 Å². The molecule has 0 aromatic carbocycles. The minimum absolute atomic E-state index is 0.652. The Morgan fingerprint density at radius 2 is 2.33 bits per heavy atom. The summed E-state index contributed by atoms with van der Waals surface area (Å²) in [5.41, 5.74) is 4.01. The molecule has 0 fully saturated rings. The summed E-state index contributed by atoms with van der Waals surface area (Å²) >= 11 is 0. The maximum atomic E-state index is 4.54. The third-order valence-electron chi connectivity index (χ3n) is 3.17. The average Bonchev–Trinajstić information content (AvgIpc) is 2.29. The van der Waals surface area contributed by atoms with Gasteiger partial charge in [0.05, 0.1) is 5.69 Å². The van der Waals surface area contributed by atoms with E-state index in [1.807, 2.05) is 0 Å². The molecular formula is C14H19N. The summed E-state index contributed by atoms with van der Waals surface area (Å²) in [4.78, 5) is 4.54. The van der Waals surface area contributed by atoms with Crippen LogP contribution in [0.1, 0.15) is 55.8 Å². The highest BCUT2D eigenvalue weighted by Gasteiger charge is 2.10. The second-order valence-corrected chi connectivity index (χ2v) is 4.44. The first kappa shape index (κ1) is 10.4. The van der Waals surface area contributed by atoms with Crippen molar-refractivity contribution in [3.63, 3.8) is 0 Å². The molecule has 0 N–H and O–H groups in total. The van der Waals surface area contributed by atoms with Crippen molar-refractivity contribution >= 4 is 6.08 Å². The zero-order valence-corrected chi connectivity index (χ0v) is 9.66. The molecule has 0 bridgehead atoms. The van der Waals surface area contributed by atoms with Crippen molar-refractivity contribution in [3.05, 3.63) is 35.2 Å². The Balaban J connectivity index is 2.24. The summed E-state index contributed by atoms with van der Waals surface area (Å²) in [6.07, 6.45) is 11.2. The average molecular weight is 201 g/mol. The van der Waals surface area contributed by atoms with Gasteiger partial charge in [-0.25, -0.2) is 0 Å². The molecule has 1 aromatic heterocycles. The predicted octanol–water partition coefficient (Wildman–Crippen LogP) is 3.94. The van der Waals surface area contributed by atoms with Gasteiger partial charge >= 0.3 is 0 Å². The molecule has 0 amide bonds. The zero-order chi connectivity index (χ0) is 10.7. The molecule has 0 saturated carbocycles. The fraction of sp³-hybridized carbons (Fsp3) is 0.500. The molecule has 0 saturated heterocycles. The van der Waals surface area contributed by atoms with Crippen LogP contribution in [0.15, 0.2) is 18.3 Å². The lowest BCUT2D eigenvalue weighted by molar-refractivity contribution is 0.660. The number of allylic oxidation sites excluding steroid dienone is 1. The van der Waals surface area contributed by atoms with Crippen LogP contribution in [-0.2, 0) is 6.42 Å². The van der Waals surface area contributed by atoms with Crippen molar-refractivity contribution in [2.45, 2.75) is 45.4 Å². The van der Waals surface area contributed by atoms with Gasteiger partial charge in [0.1, 0.15) is 0 Å². The summed E-state index contributed by atoms with van der Waals surface area (Å²) in [5.74, 6) is 0.652. The van der Waals surface area contributed by atoms with Gasteiger partial charge in [0.15, 0.2) is 0 Å². The highest BCUT2D eigenvalue weighted by atomic mass is 14.7. The van der Waals surface area contributed by atoms with Gasteiger partial charge in [0.25, 0.3) is 0 Å². The molecule has 1 aliphatic rings. The SMILES string of the molecule is CCCC(C)c1cnc2c(c1)CCC=C2. The first-order valence-corrected chi connectivity index (χ1v) is 5.96. The van der Waals surface area contributed by atoms with E-state index in [9.17, 15) is 0 Å². The van der Waals surface area contributed by atoms with Gasteiger partial charge < -0.3 is 0 Å². The number of hydrogen-bond acceptors (Lipinski definition) is 1. The van der Waals surface area contributed by atoms with E-state index in [1.54, 1.807) is 0 Å². The molecule has 1 unspecified atom stereocenters. The van der Waals surface area contributed by atoms with Crippen molar-refractivity contribution in [1.29, 1.82) is 0 Å². The molecule has 1 nitrogen and oxygen atoms in total. The van der Waals surface area contributed by atoms with Crippen LogP contribution in [0.2, 0.25) is 0 Å². The van der Waals surface area contributed by atoms with Crippen LogP contribution in [0.3, 0.4) is 0 Å². The van der Waals surface area contributed by atoms with E-state index in [0.717, 1.165) is 6.42 Å². The highest BCUT2D eigenvalue weighted by molar-refractivity contribution is 5.52. The maximum Gasteiger partial charge on any atom is 0.0658 e. The number of aromatic nitrogens is 1. The Hall–Kier alpha value is -1.11. The number of pyridine rings is 1. The monoisotopic (exact) mass is 201 g/mol. The van der Waals surface area contributed by atoms with Crippen LogP contribution in [0.5, 0.6) is 0 Å². The van der Waals surface area contributed by atoms with Gasteiger partial charge in [-0.3, -0.25) is 4.98 Å². The molecule has 1 aliphatic carbocycles. The van der Waals surface area contributed by atoms with Gasteiger partial charge in [-0.1, -0.05) is 32.4 Å². The van der Waals surface area contributed by atoms with Gasteiger partial charge in [0, 0.05) is 6.20 Å². The molecule has 1 heterocycles. The molecule has 80 valence electrons. The molecule has 15 heavy (non-hydrogen) atoms.